The minimum atomic E-state index is -0.304. The molecule has 0 saturated heterocycles. The summed E-state index contributed by atoms with van der Waals surface area (Å²) in [6.07, 6.45) is 0. The van der Waals surface area contributed by atoms with E-state index in [0.717, 1.165) is 0 Å². The maximum absolute atomic E-state index is 11.7. The number of hydrogen-bond acceptors (Lipinski definition) is 3. The highest BCUT2D eigenvalue weighted by atomic mass is 35.5. The first-order chi connectivity index (χ1) is 9.65. The number of amides is 2. The van der Waals surface area contributed by atoms with Gasteiger partial charge >= 0.3 is 0 Å². The van der Waals surface area contributed by atoms with Crippen molar-refractivity contribution in [1.29, 1.82) is 0 Å². The highest BCUT2D eigenvalue weighted by Crippen LogP contribution is 2.12. The molecule has 2 N–H and O–H groups in total. The summed E-state index contributed by atoms with van der Waals surface area (Å²) < 4.78 is 5.09. The average molecular weight is 293 g/mol. The quantitative estimate of drug-likeness (QED) is 0.885. The van der Waals surface area contributed by atoms with Crippen molar-refractivity contribution in [3.8, 4) is 0 Å². The lowest BCUT2D eigenvalue weighted by Crippen LogP contribution is -2.36. The topological polar surface area (TPSA) is 71.3 Å². The summed E-state index contributed by atoms with van der Waals surface area (Å²) in [5.41, 5.74) is 0.512. The van der Waals surface area contributed by atoms with E-state index >= 15 is 0 Å². The van der Waals surface area contributed by atoms with Crippen LogP contribution in [0.1, 0.15) is 16.1 Å². The lowest BCUT2D eigenvalue weighted by atomic mass is 10.2. The molecule has 0 fully saturated rings. The van der Waals surface area contributed by atoms with Gasteiger partial charge in [-0.05, 0) is 35.9 Å². The zero-order valence-corrected chi connectivity index (χ0v) is 11.3. The van der Waals surface area contributed by atoms with Gasteiger partial charge in [-0.1, -0.05) is 18.2 Å². The van der Waals surface area contributed by atoms with Crippen LogP contribution in [0.5, 0.6) is 0 Å². The number of furan rings is 1. The van der Waals surface area contributed by atoms with E-state index in [9.17, 15) is 9.59 Å². The predicted molar refractivity (Wildman–Crippen MR) is 74.3 cm³/mol. The fraction of sp³-hybridized carbons (Fsp3) is 0.143. The van der Waals surface area contributed by atoms with Gasteiger partial charge in [-0.2, -0.15) is 0 Å². The van der Waals surface area contributed by atoms with E-state index in [1.54, 1.807) is 36.4 Å². The molecule has 0 bridgehead atoms. The predicted octanol–water partition coefficient (Wildman–Crippen LogP) is 1.98. The van der Waals surface area contributed by atoms with E-state index in [-0.39, 0.29) is 30.1 Å². The van der Waals surface area contributed by atoms with Gasteiger partial charge in [-0.15, -0.1) is 0 Å². The van der Waals surface area contributed by atoms with Gasteiger partial charge in [0.05, 0.1) is 13.1 Å². The highest BCUT2D eigenvalue weighted by Gasteiger charge is 2.08. The van der Waals surface area contributed by atoms with Crippen LogP contribution in [-0.4, -0.2) is 18.4 Å². The zero-order valence-electron chi connectivity index (χ0n) is 10.6. The molecule has 0 spiro atoms. The second-order valence-electron chi connectivity index (χ2n) is 4.03. The summed E-state index contributed by atoms with van der Waals surface area (Å²) in [5.74, 6) is -0.0404. The van der Waals surface area contributed by atoms with Crippen LogP contribution in [0.15, 0.2) is 46.9 Å². The first-order valence-corrected chi connectivity index (χ1v) is 6.37. The third-order valence-corrected chi connectivity index (χ3v) is 2.74. The SMILES string of the molecule is O=C(CNC(=O)c1ccccc1)NCc1ccc(Cl)o1. The van der Waals surface area contributed by atoms with Crippen molar-refractivity contribution >= 4 is 23.4 Å². The number of nitrogens with one attached hydrogen (secondary N) is 2. The van der Waals surface area contributed by atoms with Gasteiger partial charge in [0.15, 0.2) is 5.22 Å². The molecule has 2 aromatic rings. The Morgan fingerprint density at radius 3 is 2.45 bits per heavy atom. The Morgan fingerprint density at radius 2 is 1.80 bits per heavy atom. The molecule has 5 nitrogen and oxygen atoms in total. The van der Waals surface area contributed by atoms with E-state index in [2.05, 4.69) is 10.6 Å². The number of hydrogen-bond donors (Lipinski definition) is 2. The number of halogens is 1. The van der Waals surface area contributed by atoms with Crippen molar-refractivity contribution in [3.63, 3.8) is 0 Å². The van der Waals surface area contributed by atoms with Crippen molar-refractivity contribution in [2.45, 2.75) is 6.54 Å². The van der Waals surface area contributed by atoms with Gasteiger partial charge < -0.3 is 15.1 Å². The van der Waals surface area contributed by atoms with Crippen LogP contribution in [0.4, 0.5) is 0 Å². The maximum atomic E-state index is 11.7. The molecule has 0 aliphatic carbocycles. The Morgan fingerprint density at radius 1 is 1.05 bits per heavy atom. The lowest BCUT2D eigenvalue weighted by molar-refractivity contribution is -0.120. The van der Waals surface area contributed by atoms with E-state index in [0.29, 0.717) is 11.3 Å². The molecule has 104 valence electrons. The average Bonchev–Trinajstić information content (AvgIpc) is 2.89. The monoisotopic (exact) mass is 292 g/mol. The Hall–Kier alpha value is -2.27. The summed E-state index contributed by atoms with van der Waals surface area (Å²) >= 11 is 5.61. The molecular weight excluding hydrogens is 280 g/mol. The van der Waals surface area contributed by atoms with E-state index < -0.39 is 0 Å². The van der Waals surface area contributed by atoms with Crippen molar-refractivity contribution in [1.82, 2.24) is 10.6 Å². The van der Waals surface area contributed by atoms with E-state index in [1.807, 2.05) is 6.07 Å². The van der Waals surface area contributed by atoms with Crippen LogP contribution in [0.25, 0.3) is 0 Å². The lowest BCUT2D eigenvalue weighted by Gasteiger charge is -2.05. The number of benzene rings is 1. The van der Waals surface area contributed by atoms with E-state index in [4.69, 9.17) is 16.0 Å². The Bertz CT molecular complexity index is 595. The van der Waals surface area contributed by atoms with Gasteiger partial charge in [0, 0.05) is 5.56 Å². The summed E-state index contributed by atoms with van der Waals surface area (Å²) in [6, 6.07) is 12.0. The van der Waals surface area contributed by atoms with E-state index in [1.165, 1.54) is 0 Å². The number of rotatable bonds is 5. The molecule has 1 aromatic carbocycles. The molecule has 6 heteroatoms. The molecule has 0 aliphatic heterocycles. The first-order valence-electron chi connectivity index (χ1n) is 5.99. The second-order valence-corrected chi connectivity index (χ2v) is 4.40. The number of carbonyl (C=O) groups excluding carboxylic acids is 2. The molecule has 1 aromatic heterocycles. The number of carbonyl (C=O) groups is 2. The Labute approximate surface area is 120 Å². The largest absolute Gasteiger partial charge is 0.448 e. The van der Waals surface area contributed by atoms with Crippen LogP contribution in [0.2, 0.25) is 5.22 Å². The van der Waals surface area contributed by atoms with Crippen LogP contribution < -0.4 is 10.6 Å². The van der Waals surface area contributed by atoms with Crippen molar-refractivity contribution in [2.75, 3.05) is 6.54 Å². The molecule has 0 radical (unpaired) electrons. The van der Waals surface area contributed by atoms with Gasteiger partial charge in [-0.25, -0.2) is 0 Å². The fourth-order valence-electron chi connectivity index (χ4n) is 1.55. The minimum absolute atomic E-state index is 0.0951. The summed E-state index contributed by atoms with van der Waals surface area (Å²) in [5, 5.41) is 5.42. The molecule has 1 heterocycles. The highest BCUT2D eigenvalue weighted by molar-refractivity contribution is 6.28. The molecule has 20 heavy (non-hydrogen) atoms. The van der Waals surface area contributed by atoms with Gasteiger partial charge in [-0.3, -0.25) is 9.59 Å². The zero-order chi connectivity index (χ0) is 14.4. The molecular formula is C14H13ClN2O3. The van der Waals surface area contributed by atoms with Crippen molar-refractivity contribution < 1.29 is 14.0 Å². The summed E-state index contributed by atoms with van der Waals surface area (Å²) in [6.45, 7) is 0.134. The standard InChI is InChI=1S/C14H13ClN2O3/c15-12-7-6-11(20-12)8-16-13(18)9-17-14(19)10-4-2-1-3-5-10/h1-7H,8-9H2,(H,16,18)(H,17,19). The summed E-state index contributed by atoms with van der Waals surface area (Å²) in [4.78, 5) is 23.3. The third kappa shape index (κ3) is 4.13. The maximum Gasteiger partial charge on any atom is 0.251 e. The molecule has 0 saturated carbocycles. The summed E-state index contributed by atoms with van der Waals surface area (Å²) in [7, 11) is 0. The molecule has 0 aliphatic rings. The van der Waals surface area contributed by atoms with Crippen molar-refractivity contribution in [3.05, 3.63) is 59.0 Å². The Balaban J connectivity index is 1.74. The van der Waals surface area contributed by atoms with Crippen LogP contribution >= 0.6 is 11.6 Å². The first kappa shape index (κ1) is 14.1. The van der Waals surface area contributed by atoms with Crippen molar-refractivity contribution in [2.24, 2.45) is 0 Å². The van der Waals surface area contributed by atoms with Gasteiger partial charge in [0.2, 0.25) is 5.91 Å². The van der Waals surface area contributed by atoms with Crippen LogP contribution in [0.3, 0.4) is 0 Å². The second kappa shape index (κ2) is 6.77. The fourth-order valence-corrected chi connectivity index (χ4v) is 1.71. The van der Waals surface area contributed by atoms with Gasteiger partial charge in [0.1, 0.15) is 5.76 Å². The molecule has 2 rings (SSSR count). The smallest absolute Gasteiger partial charge is 0.251 e. The van der Waals surface area contributed by atoms with Crippen LogP contribution in [0, 0.1) is 0 Å². The normalized spacial score (nSPS) is 10.1. The van der Waals surface area contributed by atoms with Gasteiger partial charge in [0.25, 0.3) is 5.91 Å². The molecule has 0 unspecified atom stereocenters. The molecule has 2 amide bonds. The van der Waals surface area contributed by atoms with Crippen LogP contribution in [-0.2, 0) is 11.3 Å². The minimum Gasteiger partial charge on any atom is -0.448 e. The third-order valence-electron chi connectivity index (χ3n) is 2.53. The molecule has 0 atom stereocenters. The Kier molecular flexibility index (Phi) is 4.79.